The molecule has 0 unspecified atom stereocenters. The summed E-state index contributed by atoms with van der Waals surface area (Å²) in [6, 6.07) is 25.8. The maximum absolute atomic E-state index is 11.3. The summed E-state index contributed by atoms with van der Waals surface area (Å²) in [5.41, 5.74) is 3.17. The molecular weight excluding hydrogens is 479 g/mol. The molecule has 1 saturated heterocycles. The standard InChI is InChI=1S/C26H29ClN2O2.2ClH/c1-31-22-13-11-20(12-14-22)19-28-15-17-29(18-16-28)25(23-9-5-6-10-24(23)27)26(30)21-7-3-2-4-8-21;;/h2-14,25-26,30H,15-19H2,1H3;2*1H/t25-,26+;;/m0../s1. The van der Waals surface area contributed by atoms with E-state index in [1.54, 1.807) is 7.11 Å². The monoisotopic (exact) mass is 508 g/mol. The van der Waals surface area contributed by atoms with Gasteiger partial charge in [-0.05, 0) is 34.9 Å². The van der Waals surface area contributed by atoms with Crippen LogP contribution >= 0.6 is 36.4 Å². The lowest BCUT2D eigenvalue weighted by molar-refractivity contribution is 0.0149. The predicted octanol–water partition coefficient (Wildman–Crippen LogP) is 5.78. The maximum atomic E-state index is 11.3. The summed E-state index contributed by atoms with van der Waals surface area (Å²) in [6.45, 7) is 4.53. The second-order valence-corrected chi connectivity index (χ2v) is 8.39. The molecular formula is C26H31Cl3N2O2. The first-order valence-electron chi connectivity index (χ1n) is 10.7. The van der Waals surface area contributed by atoms with Gasteiger partial charge in [0.15, 0.2) is 0 Å². The van der Waals surface area contributed by atoms with Crippen LogP contribution in [0.4, 0.5) is 0 Å². The van der Waals surface area contributed by atoms with Crippen LogP contribution < -0.4 is 4.74 Å². The van der Waals surface area contributed by atoms with E-state index in [4.69, 9.17) is 16.3 Å². The number of aliphatic hydroxyl groups is 1. The number of aliphatic hydroxyl groups excluding tert-OH is 1. The smallest absolute Gasteiger partial charge is 0.118 e. The van der Waals surface area contributed by atoms with Gasteiger partial charge >= 0.3 is 0 Å². The molecule has 0 radical (unpaired) electrons. The summed E-state index contributed by atoms with van der Waals surface area (Å²) < 4.78 is 5.26. The lowest BCUT2D eigenvalue weighted by Gasteiger charge is -2.41. The number of hydrogen-bond donors (Lipinski definition) is 1. The first-order valence-corrected chi connectivity index (χ1v) is 11.1. The highest BCUT2D eigenvalue weighted by Crippen LogP contribution is 2.38. The highest BCUT2D eigenvalue weighted by Gasteiger charge is 2.32. The van der Waals surface area contributed by atoms with Crippen LogP contribution in [0.3, 0.4) is 0 Å². The van der Waals surface area contributed by atoms with Gasteiger partial charge in [-0.3, -0.25) is 9.80 Å². The summed E-state index contributed by atoms with van der Waals surface area (Å²) in [5, 5.41) is 12.0. The van der Waals surface area contributed by atoms with E-state index in [1.165, 1.54) is 5.56 Å². The van der Waals surface area contributed by atoms with Crippen molar-refractivity contribution in [1.29, 1.82) is 0 Å². The van der Waals surface area contributed by atoms with Gasteiger partial charge in [0.2, 0.25) is 0 Å². The molecule has 0 aliphatic carbocycles. The zero-order valence-electron chi connectivity index (χ0n) is 18.6. The van der Waals surface area contributed by atoms with E-state index >= 15 is 0 Å². The molecule has 0 spiro atoms. The molecule has 7 heteroatoms. The third-order valence-electron chi connectivity index (χ3n) is 6.03. The fraction of sp³-hybridized carbons (Fsp3) is 0.308. The quantitative estimate of drug-likeness (QED) is 0.438. The van der Waals surface area contributed by atoms with Crippen molar-refractivity contribution in [3.05, 3.63) is 101 Å². The Morgan fingerprint density at radius 1 is 0.848 bits per heavy atom. The number of rotatable bonds is 7. The van der Waals surface area contributed by atoms with Crippen LogP contribution in [-0.2, 0) is 6.54 Å². The Bertz CT molecular complexity index is 965. The molecule has 3 aromatic rings. The molecule has 1 fully saturated rings. The van der Waals surface area contributed by atoms with Gasteiger partial charge in [-0.2, -0.15) is 0 Å². The first kappa shape index (κ1) is 27.5. The van der Waals surface area contributed by atoms with E-state index in [0.717, 1.165) is 49.6 Å². The van der Waals surface area contributed by atoms with E-state index in [0.29, 0.717) is 5.02 Å². The summed E-state index contributed by atoms with van der Waals surface area (Å²) in [7, 11) is 1.69. The van der Waals surface area contributed by atoms with Crippen molar-refractivity contribution in [3.63, 3.8) is 0 Å². The highest BCUT2D eigenvalue weighted by atomic mass is 35.5. The molecule has 0 bridgehead atoms. The van der Waals surface area contributed by atoms with Gasteiger partial charge in [0, 0.05) is 37.7 Å². The van der Waals surface area contributed by atoms with Gasteiger partial charge in [-0.1, -0.05) is 72.3 Å². The number of ether oxygens (including phenoxy) is 1. The van der Waals surface area contributed by atoms with Crippen molar-refractivity contribution in [2.45, 2.75) is 18.7 Å². The van der Waals surface area contributed by atoms with Crippen LogP contribution in [0.1, 0.15) is 28.8 Å². The Morgan fingerprint density at radius 2 is 1.45 bits per heavy atom. The van der Waals surface area contributed by atoms with Crippen LogP contribution in [0, 0.1) is 0 Å². The minimum absolute atomic E-state index is 0. The molecule has 0 saturated carbocycles. The Labute approximate surface area is 213 Å². The summed E-state index contributed by atoms with van der Waals surface area (Å²) >= 11 is 6.57. The Hall–Kier alpha value is -1.79. The van der Waals surface area contributed by atoms with Crippen LogP contribution in [-0.4, -0.2) is 48.2 Å². The molecule has 1 aliphatic rings. The van der Waals surface area contributed by atoms with Gasteiger partial charge in [0.25, 0.3) is 0 Å². The molecule has 33 heavy (non-hydrogen) atoms. The van der Waals surface area contributed by atoms with Crippen molar-refractivity contribution in [3.8, 4) is 5.75 Å². The Kier molecular flexibility index (Phi) is 11.0. The van der Waals surface area contributed by atoms with Gasteiger partial charge in [0.1, 0.15) is 5.75 Å². The number of halogens is 3. The van der Waals surface area contributed by atoms with Crippen molar-refractivity contribution in [2.24, 2.45) is 0 Å². The molecule has 178 valence electrons. The van der Waals surface area contributed by atoms with Gasteiger partial charge in [-0.25, -0.2) is 0 Å². The van der Waals surface area contributed by atoms with Crippen molar-refractivity contribution >= 4 is 36.4 Å². The highest BCUT2D eigenvalue weighted by molar-refractivity contribution is 6.31. The minimum atomic E-state index is -0.644. The van der Waals surface area contributed by atoms with E-state index in [2.05, 4.69) is 21.9 Å². The topological polar surface area (TPSA) is 35.9 Å². The summed E-state index contributed by atoms with van der Waals surface area (Å²) in [4.78, 5) is 4.82. The van der Waals surface area contributed by atoms with Crippen molar-refractivity contribution < 1.29 is 9.84 Å². The second kappa shape index (κ2) is 13.2. The largest absolute Gasteiger partial charge is 0.497 e. The van der Waals surface area contributed by atoms with E-state index in [-0.39, 0.29) is 30.9 Å². The van der Waals surface area contributed by atoms with Crippen molar-refractivity contribution in [1.82, 2.24) is 9.80 Å². The minimum Gasteiger partial charge on any atom is -0.497 e. The Balaban J connectivity index is 0.00000193. The fourth-order valence-corrected chi connectivity index (χ4v) is 4.55. The number of piperazine rings is 1. The summed E-state index contributed by atoms with van der Waals surface area (Å²) in [6.07, 6.45) is -0.644. The van der Waals surface area contributed by atoms with E-state index in [9.17, 15) is 5.11 Å². The molecule has 3 aromatic carbocycles. The number of hydrogen-bond acceptors (Lipinski definition) is 4. The van der Waals surface area contributed by atoms with E-state index < -0.39 is 6.10 Å². The first-order chi connectivity index (χ1) is 15.2. The molecule has 1 N–H and O–H groups in total. The lowest BCUT2D eigenvalue weighted by atomic mass is 9.93. The van der Waals surface area contributed by atoms with E-state index in [1.807, 2.05) is 66.7 Å². The van der Waals surface area contributed by atoms with Crippen molar-refractivity contribution in [2.75, 3.05) is 33.3 Å². The molecule has 4 rings (SSSR count). The number of methoxy groups -OCH3 is 1. The lowest BCUT2D eigenvalue weighted by Crippen LogP contribution is -2.48. The van der Waals surface area contributed by atoms with Gasteiger partial charge in [-0.15, -0.1) is 24.8 Å². The van der Waals surface area contributed by atoms with Crippen LogP contribution in [0.5, 0.6) is 5.75 Å². The zero-order valence-corrected chi connectivity index (χ0v) is 21.0. The SMILES string of the molecule is COc1ccc(CN2CCN([C@@H](c3ccccc3Cl)[C@H](O)c3ccccc3)CC2)cc1.Cl.Cl. The third-order valence-corrected chi connectivity index (χ3v) is 6.37. The fourth-order valence-electron chi connectivity index (χ4n) is 4.30. The average molecular weight is 510 g/mol. The van der Waals surface area contributed by atoms with Gasteiger partial charge in [0.05, 0.1) is 19.3 Å². The zero-order chi connectivity index (χ0) is 21.6. The van der Waals surface area contributed by atoms with Crippen LogP contribution in [0.25, 0.3) is 0 Å². The number of nitrogens with zero attached hydrogens (tertiary/aromatic N) is 2. The van der Waals surface area contributed by atoms with Crippen LogP contribution in [0.2, 0.25) is 5.02 Å². The Morgan fingerprint density at radius 3 is 2.06 bits per heavy atom. The second-order valence-electron chi connectivity index (χ2n) is 7.98. The van der Waals surface area contributed by atoms with Crippen LogP contribution in [0.15, 0.2) is 78.9 Å². The summed E-state index contributed by atoms with van der Waals surface area (Å²) in [5.74, 6) is 0.881. The van der Waals surface area contributed by atoms with Gasteiger partial charge < -0.3 is 9.84 Å². The third kappa shape index (κ3) is 6.86. The normalized spacial score (nSPS) is 16.2. The molecule has 4 nitrogen and oxygen atoms in total. The number of benzene rings is 3. The maximum Gasteiger partial charge on any atom is 0.118 e. The predicted molar refractivity (Wildman–Crippen MR) is 140 cm³/mol. The molecule has 0 aromatic heterocycles. The molecule has 2 atom stereocenters. The molecule has 1 aliphatic heterocycles. The average Bonchev–Trinajstić information content (AvgIpc) is 2.82. The molecule has 1 heterocycles. The molecule has 0 amide bonds.